The maximum absolute atomic E-state index is 6.15. The van der Waals surface area contributed by atoms with Crippen LogP contribution >= 0.6 is 21.6 Å². The molecule has 1 heterocycles. The molecule has 17 heavy (non-hydrogen) atoms. The van der Waals surface area contributed by atoms with Gasteiger partial charge in [0.05, 0.1) is 17.5 Å². The molecule has 1 aromatic carbocycles. The lowest BCUT2D eigenvalue weighted by Gasteiger charge is -2.30. The molecular formula is C14H20OS2. The highest BCUT2D eigenvalue weighted by atomic mass is 33.1. The van der Waals surface area contributed by atoms with Gasteiger partial charge in [0.1, 0.15) is 0 Å². The van der Waals surface area contributed by atoms with Gasteiger partial charge in [-0.15, -0.1) is 0 Å². The van der Waals surface area contributed by atoms with E-state index < -0.39 is 0 Å². The second kappa shape index (κ2) is 5.25. The maximum Gasteiger partial charge on any atom is 0.0895 e. The zero-order valence-electron chi connectivity index (χ0n) is 10.8. The largest absolute Gasteiger partial charge is 0.373 e. The Labute approximate surface area is 112 Å². The van der Waals surface area contributed by atoms with Gasteiger partial charge >= 0.3 is 0 Å². The minimum Gasteiger partial charge on any atom is -0.373 e. The predicted octanol–water partition coefficient (Wildman–Crippen LogP) is 4.69. The molecule has 0 bridgehead atoms. The highest BCUT2D eigenvalue weighted by Gasteiger charge is 2.45. The molecule has 1 aliphatic heterocycles. The SMILES string of the molecule is CC(C)O[C@H]1[C@@H](c2ccccc2)SSC1(C)C. The first kappa shape index (κ1) is 13.3. The normalized spacial score (nSPS) is 27.6. The Kier molecular flexibility index (Phi) is 4.11. The van der Waals surface area contributed by atoms with Crippen molar-refractivity contribution < 1.29 is 4.74 Å². The minimum atomic E-state index is 0.176. The van der Waals surface area contributed by atoms with E-state index in [-0.39, 0.29) is 17.0 Å². The number of ether oxygens (including phenoxy) is 1. The summed E-state index contributed by atoms with van der Waals surface area (Å²) >= 11 is 0. The van der Waals surface area contributed by atoms with Gasteiger partial charge < -0.3 is 4.74 Å². The lowest BCUT2D eigenvalue weighted by atomic mass is 9.97. The van der Waals surface area contributed by atoms with Crippen LogP contribution in [0.1, 0.15) is 38.5 Å². The van der Waals surface area contributed by atoms with E-state index in [2.05, 4.69) is 58.0 Å². The smallest absolute Gasteiger partial charge is 0.0895 e. The molecule has 0 aliphatic carbocycles. The topological polar surface area (TPSA) is 9.23 Å². The molecule has 0 aromatic heterocycles. The molecule has 94 valence electrons. The summed E-state index contributed by atoms with van der Waals surface area (Å²) in [6, 6.07) is 10.7. The highest BCUT2D eigenvalue weighted by molar-refractivity contribution is 8.77. The molecule has 3 heteroatoms. The standard InChI is InChI=1S/C14H20OS2/c1-10(2)15-13-12(16-17-14(13,3)4)11-8-6-5-7-9-11/h5-10,12-13H,1-4H3/t12-,13+/m1/s1. The van der Waals surface area contributed by atoms with Crippen LogP contribution in [0, 0.1) is 0 Å². The van der Waals surface area contributed by atoms with Gasteiger partial charge in [-0.1, -0.05) is 51.9 Å². The second-order valence-electron chi connectivity index (χ2n) is 5.22. The summed E-state index contributed by atoms with van der Waals surface area (Å²) in [5.74, 6) is 0. The Morgan fingerprint density at radius 1 is 1.18 bits per heavy atom. The van der Waals surface area contributed by atoms with Crippen molar-refractivity contribution in [3.8, 4) is 0 Å². The third-order valence-corrected chi connectivity index (χ3v) is 6.56. The lowest BCUT2D eigenvalue weighted by molar-refractivity contribution is -0.00757. The second-order valence-corrected chi connectivity index (χ2v) is 8.22. The van der Waals surface area contributed by atoms with Crippen molar-refractivity contribution >= 4 is 21.6 Å². The summed E-state index contributed by atoms with van der Waals surface area (Å²) in [4.78, 5) is 0. The molecule has 2 rings (SSSR count). The van der Waals surface area contributed by atoms with Crippen molar-refractivity contribution in [1.29, 1.82) is 0 Å². The van der Waals surface area contributed by atoms with Gasteiger partial charge in [-0.05, 0) is 33.3 Å². The molecule has 0 radical (unpaired) electrons. The number of benzene rings is 1. The van der Waals surface area contributed by atoms with Crippen molar-refractivity contribution in [2.24, 2.45) is 0 Å². The summed E-state index contributed by atoms with van der Waals surface area (Å²) in [5.41, 5.74) is 1.38. The monoisotopic (exact) mass is 268 g/mol. The number of rotatable bonds is 3. The molecule has 0 saturated carbocycles. The van der Waals surface area contributed by atoms with E-state index in [1.807, 2.05) is 21.6 Å². The average molecular weight is 268 g/mol. The Bertz CT molecular complexity index is 362. The van der Waals surface area contributed by atoms with E-state index in [9.17, 15) is 0 Å². The Hall–Kier alpha value is -0.120. The van der Waals surface area contributed by atoms with Crippen LogP contribution < -0.4 is 0 Å². The Balaban J connectivity index is 2.22. The van der Waals surface area contributed by atoms with Crippen molar-refractivity contribution in [3.05, 3.63) is 35.9 Å². The summed E-state index contributed by atoms with van der Waals surface area (Å²) < 4.78 is 6.33. The molecule has 0 spiro atoms. The Morgan fingerprint density at radius 3 is 2.41 bits per heavy atom. The molecule has 2 atom stereocenters. The van der Waals surface area contributed by atoms with Gasteiger partial charge in [0.2, 0.25) is 0 Å². The molecule has 1 fully saturated rings. The average Bonchev–Trinajstić information content (AvgIpc) is 2.56. The predicted molar refractivity (Wildman–Crippen MR) is 78.5 cm³/mol. The fourth-order valence-corrected chi connectivity index (χ4v) is 5.51. The van der Waals surface area contributed by atoms with Crippen LogP contribution in [-0.2, 0) is 4.74 Å². The fraction of sp³-hybridized carbons (Fsp3) is 0.571. The van der Waals surface area contributed by atoms with Crippen LogP contribution in [-0.4, -0.2) is 17.0 Å². The van der Waals surface area contributed by atoms with Crippen LogP contribution in [0.4, 0.5) is 0 Å². The molecule has 1 aromatic rings. The van der Waals surface area contributed by atoms with Gasteiger partial charge in [0.15, 0.2) is 0 Å². The van der Waals surface area contributed by atoms with Crippen molar-refractivity contribution in [2.75, 3.05) is 0 Å². The summed E-state index contributed by atoms with van der Waals surface area (Å²) in [7, 11) is 3.89. The zero-order chi connectivity index (χ0) is 12.5. The van der Waals surface area contributed by atoms with Crippen LogP contribution in [0.15, 0.2) is 30.3 Å². The first-order valence-electron chi connectivity index (χ1n) is 6.05. The number of hydrogen-bond donors (Lipinski definition) is 0. The quantitative estimate of drug-likeness (QED) is 0.736. The molecule has 1 saturated heterocycles. The van der Waals surface area contributed by atoms with Crippen LogP contribution in [0.2, 0.25) is 0 Å². The maximum atomic E-state index is 6.15. The van der Waals surface area contributed by atoms with Crippen LogP contribution in [0.5, 0.6) is 0 Å². The molecule has 0 unspecified atom stereocenters. The van der Waals surface area contributed by atoms with Crippen molar-refractivity contribution in [3.63, 3.8) is 0 Å². The summed E-state index contributed by atoms with van der Waals surface area (Å²) in [6.07, 6.45) is 0.560. The molecule has 1 aliphatic rings. The first-order valence-corrected chi connectivity index (χ1v) is 8.27. The summed E-state index contributed by atoms with van der Waals surface area (Å²) in [6.45, 7) is 8.79. The van der Waals surface area contributed by atoms with E-state index in [1.54, 1.807) is 0 Å². The fourth-order valence-electron chi connectivity index (χ4n) is 2.04. The van der Waals surface area contributed by atoms with Gasteiger partial charge in [-0.2, -0.15) is 0 Å². The van der Waals surface area contributed by atoms with Crippen LogP contribution in [0.3, 0.4) is 0 Å². The number of hydrogen-bond acceptors (Lipinski definition) is 3. The lowest BCUT2D eigenvalue weighted by Crippen LogP contribution is -2.36. The molecule has 0 amide bonds. The third kappa shape index (κ3) is 3.01. The van der Waals surface area contributed by atoms with E-state index in [1.165, 1.54) is 5.56 Å². The van der Waals surface area contributed by atoms with Gasteiger partial charge in [0, 0.05) is 4.75 Å². The summed E-state index contributed by atoms with van der Waals surface area (Å²) in [5, 5.41) is 0.443. The van der Waals surface area contributed by atoms with E-state index in [0.29, 0.717) is 5.25 Å². The highest BCUT2D eigenvalue weighted by Crippen LogP contribution is 2.59. The molecule has 1 nitrogen and oxygen atoms in total. The molecule has 0 N–H and O–H groups in total. The zero-order valence-corrected chi connectivity index (χ0v) is 12.5. The van der Waals surface area contributed by atoms with Crippen molar-refractivity contribution in [2.45, 2.75) is 49.9 Å². The van der Waals surface area contributed by atoms with Crippen LogP contribution in [0.25, 0.3) is 0 Å². The van der Waals surface area contributed by atoms with E-state index in [4.69, 9.17) is 4.74 Å². The molecular weight excluding hydrogens is 248 g/mol. The first-order chi connectivity index (χ1) is 8.00. The van der Waals surface area contributed by atoms with E-state index >= 15 is 0 Å². The van der Waals surface area contributed by atoms with E-state index in [0.717, 1.165) is 0 Å². The van der Waals surface area contributed by atoms with Gasteiger partial charge in [-0.3, -0.25) is 0 Å². The van der Waals surface area contributed by atoms with Gasteiger partial charge in [-0.25, -0.2) is 0 Å². The van der Waals surface area contributed by atoms with Crippen molar-refractivity contribution in [1.82, 2.24) is 0 Å². The van der Waals surface area contributed by atoms with Gasteiger partial charge in [0.25, 0.3) is 0 Å². The Morgan fingerprint density at radius 2 is 1.82 bits per heavy atom. The third-order valence-electron chi connectivity index (χ3n) is 2.87. The minimum absolute atomic E-state index is 0.176.